The molecule has 1 aromatic heterocycles. The molecule has 4 N–H and O–H groups in total. The van der Waals surface area contributed by atoms with Crippen molar-refractivity contribution in [1.29, 1.82) is 0 Å². The van der Waals surface area contributed by atoms with E-state index in [9.17, 15) is 0 Å². The minimum absolute atomic E-state index is 0.202. The molecule has 0 radical (unpaired) electrons. The summed E-state index contributed by atoms with van der Waals surface area (Å²) in [5, 5.41) is 3.76. The summed E-state index contributed by atoms with van der Waals surface area (Å²) >= 11 is 6.13. The number of aromatic nitrogens is 2. The molecule has 0 atom stereocenters. The van der Waals surface area contributed by atoms with Crippen LogP contribution in [0.3, 0.4) is 0 Å². The number of methoxy groups -OCH3 is 1. The Hall–Kier alpha value is -2.05. The molecule has 0 spiro atoms. The maximum Gasteiger partial charge on any atom is 0.148 e. The number of hydrazine groups is 1. The largest absolute Gasteiger partial charge is 0.495 e. The summed E-state index contributed by atoms with van der Waals surface area (Å²) in [5.74, 6) is 7.62. The Labute approximate surface area is 128 Å². The molecule has 112 valence electrons. The third-order valence-electron chi connectivity index (χ3n) is 3.01. The molecule has 2 aromatic rings. The number of nitrogens with one attached hydrogen (secondary N) is 2. The average molecular weight is 308 g/mol. The molecular weight excluding hydrogens is 290 g/mol. The Morgan fingerprint density at radius 2 is 1.95 bits per heavy atom. The van der Waals surface area contributed by atoms with Gasteiger partial charge in [0.05, 0.1) is 12.1 Å². The zero-order valence-corrected chi connectivity index (χ0v) is 12.9. The van der Waals surface area contributed by atoms with Gasteiger partial charge in [-0.3, -0.25) is 0 Å². The maximum atomic E-state index is 6.13. The Bertz CT molecular complexity index is 633. The van der Waals surface area contributed by atoms with Crippen LogP contribution in [0.25, 0.3) is 0 Å². The summed E-state index contributed by atoms with van der Waals surface area (Å²) in [4.78, 5) is 8.42. The quantitative estimate of drug-likeness (QED) is 0.580. The van der Waals surface area contributed by atoms with Gasteiger partial charge < -0.3 is 15.5 Å². The number of halogens is 1. The van der Waals surface area contributed by atoms with E-state index in [1.807, 2.05) is 19.9 Å². The Kier molecular flexibility index (Phi) is 4.82. The standard InChI is InChI=1S/C14H18ClN5O/c1-8(2)12-13(17-7-18-14(12)20-16)19-9-4-5-11(21-3)10(15)6-9/h4-8H,16H2,1-3H3,(H2,17,18,19,20). The maximum absolute atomic E-state index is 6.13. The van der Waals surface area contributed by atoms with Gasteiger partial charge in [-0.15, -0.1) is 0 Å². The van der Waals surface area contributed by atoms with Crippen LogP contribution in [-0.4, -0.2) is 17.1 Å². The first-order chi connectivity index (χ1) is 10.1. The van der Waals surface area contributed by atoms with Gasteiger partial charge in [0.1, 0.15) is 23.7 Å². The van der Waals surface area contributed by atoms with Crippen molar-refractivity contribution in [3.05, 3.63) is 35.1 Å². The number of nitrogens with two attached hydrogens (primary N) is 1. The van der Waals surface area contributed by atoms with Gasteiger partial charge in [-0.25, -0.2) is 15.8 Å². The minimum Gasteiger partial charge on any atom is -0.495 e. The normalized spacial score (nSPS) is 10.6. The highest BCUT2D eigenvalue weighted by molar-refractivity contribution is 6.32. The lowest BCUT2D eigenvalue weighted by Crippen LogP contribution is -2.14. The molecule has 0 aliphatic rings. The van der Waals surface area contributed by atoms with E-state index in [0.717, 1.165) is 11.3 Å². The molecule has 0 saturated carbocycles. The molecule has 0 amide bonds. The highest BCUT2D eigenvalue weighted by Crippen LogP contribution is 2.32. The van der Waals surface area contributed by atoms with Crippen LogP contribution in [0.5, 0.6) is 5.75 Å². The number of anilines is 3. The number of ether oxygens (including phenoxy) is 1. The van der Waals surface area contributed by atoms with E-state index in [0.29, 0.717) is 22.4 Å². The topological polar surface area (TPSA) is 85.1 Å². The fourth-order valence-electron chi connectivity index (χ4n) is 2.04. The molecular formula is C14H18ClN5O. The van der Waals surface area contributed by atoms with Crippen molar-refractivity contribution >= 4 is 28.9 Å². The zero-order chi connectivity index (χ0) is 15.4. The van der Waals surface area contributed by atoms with Crippen LogP contribution >= 0.6 is 11.6 Å². The summed E-state index contributed by atoms with van der Waals surface area (Å²) in [6.07, 6.45) is 1.45. The van der Waals surface area contributed by atoms with Crippen LogP contribution in [0.1, 0.15) is 25.3 Å². The molecule has 0 aliphatic carbocycles. The molecule has 2 rings (SSSR count). The van der Waals surface area contributed by atoms with Crippen molar-refractivity contribution in [2.24, 2.45) is 5.84 Å². The fraction of sp³-hybridized carbons (Fsp3) is 0.286. The van der Waals surface area contributed by atoms with Crippen LogP contribution in [0.15, 0.2) is 24.5 Å². The van der Waals surface area contributed by atoms with Crippen LogP contribution in [0.4, 0.5) is 17.3 Å². The van der Waals surface area contributed by atoms with Crippen LogP contribution in [0, 0.1) is 0 Å². The molecule has 1 aromatic carbocycles. The molecule has 0 unspecified atom stereocenters. The van der Waals surface area contributed by atoms with Gasteiger partial charge in [0.15, 0.2) is 0 Å². The first-order valence-electron chi connectivity index (χ1n) is 6.49. The van der Waals surface area contributed by atoms with Gasteiger partial charge in [-0.05, 0) is 24.1 Å². The van der Waals surface area contributed by atoms with Crippen LogP contribution in [-0.2, 0) is 0 Å². The van der Waals surface area contributed by atoms with E-state index >= 15 is 0 Å². The molecule has 0 fully saturated rings. The number of rotatable bonds is 5. The second kappa shape index (κ2) is 6.60. The SMILES string of the molecule is COc1ccc(Nc2ncnc(NN)c2C(C)C)cc1Cl. The lowest BCUT2D eigenvalue weighted by Gasteiger charge is -2.16. The highest BCUT2D eigenvalue weighted by Gasteiger charge is 2.15. The number of benzene rings is 1. The van der Waals surface area contributed by atoms with E-state index in [4.69, 9.17) is 22.2 Å². The van der Waals surface area contributed by atoms with Crippen molar-refractivity contribution in [1.82, 2.24) is 9.97 Å². The summed E-state index contributed by atoms with van der Waals surface area (Å²) in [6.45, 7) is 4.09. The predicted molar refractivity (Wildman–Crippen MR) is 85.2 cm³/mol. The van der Waals surface area contributed by atoms with Crippen molar-refractivity contribution in [3.8, 4) is 5.75 Å². The second-order valence-electron chi connectivity index (χ2n) is 4.76. The van der Waals surface area contributed by atoms with E-state index < -0.39 is 0 Å². The molecule has 0 saturated heterocycles. The van der Waals surface area contributed by atoms with Crippen molar-refractivity contribution in [2.45, 2.75) is 19.8 Å². The van der Waals surface area contributed by atoms with Gasteiger partial charge in [-0.2, -0.15) is 0 Å². The van der Waals surface area contributed by atoms with Gasteiger partial charge in [0.25, 0.3) is 0 Å². The van der Waals surface area contributed by atoms with Crippen molar-refractivity contribution in [3.63, 3.8) is 0 Å². The Morgan fingerprint density at radius 1 is 1.24 bits per heavy atom. The van der Waals surface area contributed by atoms with Gasteiger partial charge >= 0.3 is 0 Å². The lowest BCUT2D eigenvalue weighted by molar-refractivity contribution is 0.415. The first kappa shape index (κ1) is 15.3. The summed E-state index contributed by atoms with van der Waals surface area (Å²) < 4.78 is 5.14. The Morgan fingerprint density at radius 3 is 2.52 bits per heavy atom. The number of nitrogens with zero attached hydrogens (tertiary/aromatic N) is 2. The summed E-state index contributed by atoms with van der Waals surface area (Å²) in [7, 11) is 1.58. The smallest absolute Gasteiger partial charge is 0.148 e. The summed E-state index contributed by atoms with van der Waals surface area (Å²) in [6, 6.07) is 5.44. The number of hydrogen-bond donors (Lipinski definition) is 3. The zero-order valence-electron chi connectivity index (χ0n) is 12.1. The summed E-state index contributed by atoms with van der Waals surface area (Å²) in [5.41, 5.74) is 4.31. The lowest BCUT2D eigenvalue weighted by atomic mass is 10.0. The van der Waals surface area contributed by atoms with Gasteiger partial charge in [0.2, 0.25) is 0 Å². The van der Waals surface area contributed by atoms with E-state index in [2.05, 4.69) is 20.7 Å². The highest BCUT2D eigenvalue weighted by atomic mass is 35.5. The Balaban J connectivity index is 2.37. The molecule has 7 heteroatoms. The molecule has 6 nitrogen and oxygen atoms in total. The van der Waals surface area contributed by atoms with Crippen LogP contribution in [0.2, 0.25) is 5.02 Å². The third kappa shape index (κ3) is 3.34. The molecule has 0 bridgehead atoms. The van der Waals surface area contributed by atoms with E-state index in [-0.39, 0.29) is 5.92 Å². The van der Waals surface area contributed by atoms with Crippen LogP contribution < -0.4 is 21.3 Å². The van der Waals surface area contributed by atoms with Gasteiger partial charge in [-0.1, -0.05) is 25.4 Å². The van der Waals surface area contributed by atoms with E-state index in [1.165, 1.54) is 6.33 Å². The minimum atomic E-state index is 0.202. The third-order valence-corrected chi connectivity index (χ3v) is 3.31. The fourth-order valence-corrected chi connectivity index (χ4v) is 2.30. The van der Waals surface area contributed by atoms with E-state index in [1.54, 1.807) is 19.2 Å². The number of nitrogen functional groups attached to an aromatic ring is 1. The van der Waals surface area contributed by atoms with Crippen molar-refractivity contribution in [2.75, 3.05) is 17.9 Å². The number of hydrogen-bond acceptors (Lipinski definition) is 6. The molecule has 21 heavy (non-hydrogen) atoms. The average Bonchev–Trinajstić information content (AvgIpc) is 2.46. The first-order valence-corrected chi connectivity index (χ1v) is 6.86. The molecule has 1 heterocycles. The molecule has 0 aliphatic heterocycles. The van der Waals surface area contributed by atoms with Gasteiger partial charge in [0, 0.05) is 11.3 Å². The monoisotopic (exact) mass is 307 g/mol. The van der Waals surface area contributed by atoms with Crippen molar-refractivity contribution < 1.29 is 4.74 Å². The predicted octanol–water partition coefficient (Wildman–Crippen LogP) is 3.29. The second-order valence-corrected chi connectivity index (χ2v) is 5.17.